The van der Waals surface area contributed by atoms with Crippen LogP contribution in [0.5, 0.6) is 0 Å². The number of hydrogen-bond donors (Lipinski definition) is 2. The number of hydrogen-bond acceptors (Lipinski definition) is 3. The molecular formula is C16H18N2O3. The minimum absolute atomic E-state index is 0.157. The van der Waals surface area contributed by atoms with Crippen LogP contribution in [0.2, 0.25) is 0 Å². The summed E-state index contributed by atoms with van der Waals surface area (Å²) in [6.07, 6.45) is 0.826. The number of carbonyl (C=O) groups is 2. The molecule has 0 aliphatic carbocycles. The monoisotopic (exact) mass is 286 g/mol. The van der Waals surface area contributed by atoms with Gasteiger partial charge in [-0.1, -0.05) is 25.1 Å². The van der Waals surface area contributed by atoms with Crippen LogP contribution in [0.3, 0.4) is 0 Å². The molecule has 0 spiro atoms. The molecule has 2 rings (SSSR count). The summed E-state index contributed by atoms with van der Waals surface area (Å²) in [7, 11) is 0. The summed E-state index contributed by atoms with van der Waals surface area (Å²) in [5.74, 6) is -0.170. The van der Waals surface area contributed by atoms with Crippen LogP contribution in [0.1, 0.15) is 35.5 Å². The van der Waals surface area contributed by atoms with Crippen molar-refractivity contribution in [1.29, 1.82) is 0 Å². The quantitative estimate of drug-likeness (QED) is 0.905. The van der Waals surface area contributed by atoms with Gasteiger partial charge in [0, 0.05) is 18.7 Å². The van der Waals surface area contributed by atoms with Gasteiger partial charge in [-0.2, -0.15) is 0 Å². The summed E-state index contributed by atoms with van der Waals surface area (Å²) in [6, 6.07) is 8.97. The van der Waals surface area contributed by atoms with Crippen LogP contribution in [0.15, 0.2) is 34.7 Å². The van der Waals surface area contributed by atoms with Crippen LogP contribution in [-0.4, -0.2) is 11.8 Å². The zero-order valence-corrected chi connectivity index (χ0v) is 12.3. The number of aryl methyl sites for hydroxylation is 2. The molecular weight excluding hydrogens is 268 g/mol. The second kappa shape index (κ2) is 6.26. The largest absolute Gasteiger partial charge is 0.435 e. The van der Waals surface area contributed by atoms with Crippen molar-refractivity contribution in [3.8, 4) is 0 Å². The first-order valence-electron chi connectivity index (χ1n) is 6.78. The Morgan fingerprint density at radius 3 is 2.57 bits per heavy atom. The van der Waals surface area contributed by atoms with Crippen molar-refractivity contribution in [3.05, 3.63) is 47.2 Å². The highest BCUT2D eigenvalue weighted by molar-refractivity contribution is 6.03. The van der Waals surface area contributed by atoms with Crippen molar-refractivity contribution in [2.24, 2.45) is 0 Å². The van der Waals surface area contributed by atoms with Gasteiger partial charge in [-0.25, -0.2) is 0 Å². The zero-order chi connectivity index (χ0) is 15.4. The normalized spacial score (nSPS) is 10.2. The van der Waals surface area contributed by atoms with Gasteiger partial charge >= 0.3 is 0 Å². The predicted molar refractivity (Wildman–Crippen MR) is 81.5 cm³/mol. The third kappa shape index (κ3) is 3.51. The van der Waals surface area contributed by atoms with Crippen LogP contribution in [0, 0.1) is 6.92 Å². The predicted octanol–water partition coefficient (Wildman–Crippen LogP) is 3.36. The van der Waals surface area contributed by atoms with Crippen LogP contribution in [0.25, 0.3) is 0 Å². The van der Waals surface area contributed by atoms with E-state index in [9.17, 15) is 9.59 Å². The van der Waals surface area contributed by atoms with E-state index in [-0.39, 0.29) is 23.5 Å². The smallest absolute Gasteiger partial charge is 0.291 e. The second-order valence-corrected chi connectivity index (χ2v) is 4.76. The van der Waals surface area contributed by atoms with Gasteiger partial charge in [-0.3, -0.25) is 14.9 Å². The summed E-state index contributed by atoms with van der Waals surface area (Å²) >= 11 is 0. The summed E-state index contributed by atoms with van der Waals surface area (Å²) in [4.78, 5) is 23.2. The fraction of sp³-hybridized carbons (Fsp3) is 0.250. The zero-order valence-electron chi connectivity index (χ0n) is 12.3. The van der Waals surface area contributed by atoms with E-state index in [0.29, 0.717) is 0 Å². The fourth-order valence-electron chi connectivity index (χ4n) is 2.08. The molecule has 1 aromatic carbocycles. The molecule has 5 nitrogen and oxygen atoms in total. The third-order valence-electron chi connectivity index (χ3n) is 3.11. The number of anilines is 2. The molecule has 2 N–H and O–H groups in total. The standard InChI is InChI=1S/C16H18N2O3/c1-4-12-7-5-6-10(2)15(12)18-16(20)13-8-9-14(21-13)17-11(3)19/h5-9H,4H2,1-3H3,(H,17,19)(H,18,20). The Kier molecular flexibility index (Phi) is 4.42. The van der Waals surface area contributed by atoms with Crippen molar-refractivity contribution in [1.82, 2.24) is 0 Å². The van der Waals surface area contributed by atoms with Gasteiger partial charge in [0.05, 0.1) is 0 Å². The number of amides is 2. The van der Waals surface area contributed by atoms with Crippen LogP contribution in [-0.2, 0) is 11.2 Å². The third-order valence-corrected chi connectivity index (χ3v) is 3.11. The highest BCUT2D eigenvalue weighted by Crippen LogP contribution is 2.22. The Labute approximate surface area is 123 Å². The number of carbonyl (C=O) groups excluding carboxylic acids is 2. The van der Waals surface area contributed by atoms with E-state index in [0.717, 1.165) is 23.2 Å². The molecule has 0 fully saturated rings. The van der Waals surface area contributed by atoms with Gasteiger partial charge in [-0.05, 0) is 30.5 Å². The first kappa shape index (κ1) is 14.8. The molecule has 1 heterocycles. The SMILES string of the molecule is CCc1cccc(C)c1NC(=O)c1ccc(NC(C)=O)o1. The Balaban J connectivity index is 2.18. The summed E-state index contributed by atoms with van der Waals surface area (Å²) in [5, 5.41) is 5.36. The molecule has 21 heavy (non-hydrogen) atoms. The van der Waals surface area contributed by atoms with Crippen molar-refractivity contribution < 1.29 is 14.0 Å². The number of furan rings is 1. The summed E-state index contributed by atoms with van der Waals surface area (Å²) in [6.45, 7) is 5.36. The Morgan fingerprint density at radius 2 is 1.90 bits per heavy atom. The van der Waals surface area contributed by atoms with E-state index in [1.54, 1.807) is 6.07 Å². The molecule has 1 aromatic heterocycles. The average molecular weight is 286 g/mol. The van der Waals surface area contributed by atoms with E-state index in [1.807, 2.05) is 32.0 Å². The molecule has 0 atom stereocenters. The van der Waals surface area contributed by atoms with Gasteiger partial charge in [0.15, 0.2) is 11.6 Å². The van der Waals surface area contributed by atoms with E-state index in [2.05, 4.69) is 10.6 Å². The second-order valence-electron chi connectivity index (χ2n) is 4.76. The van der Waals surface area contributed by atoms with Gasteiger partial charge in [0.1, 0.15) is 0 Å². The molecule has 0 bridgehead atoms. The topological polar surface area (TPSA) is 71.3 Å². The van der Waals surface area contributed by atoms with Crippen LogP contribution < -0.4 is 10.6 Å². The molecule has 0 unspecified atom stereocenters. The number of para-hydroxylation sites is 1. The van der Waals surface area contributed by atoms with E-state index < -0.39 is 0 Å². The lowest BCUT2D eigenvalue weighted by atomic mass is 10.1. The van der Waals surface area contributed by atoms with Crippen molar-refractivity contribution in [2.75, 3.05) is 10.6 Å². The van der Waals surface area contributed by atoms with E-state index in [4.69, 9.17) is 4.42 Å². The Bertz CT molecular complexity index is 674. The van der Waals surface area contributed by atoms with E-state index in [1.165, 1.54) is 13.0 Å². The molecule has 0 aliphatic rings. The maximum atomic E-state index is 12.2. The summed E-state index contributed by atoms with van der Waals surface area (Å²) < 4.78 is 5.30. The minimum atomic E-state index is -0.337. The van der Waals surface area contributed by atoms with Crippen molar-refractivity contribution >= 4 is 23.4 Å². The molecule has 2 aromatic rings. The van der Waals surface area contributed by atoms with Crippen molar-refractivity contribution in [2.45, 2.75) is 27.2 Å². The molecule has 0 aliphatic heterocycles. The molecule has 5 heteroatoms. The first-order valence-corrected chi connectivity index (χ1v) is 6.78. The maximum Gasteiger partial charge on any atom is 0.291 e. The van der Waals surface area contributed by atoms with Gasteiger partial charge in [-0.15, -0.1) is 0 Å². The lowest BCUT2D eigenvalue weighted by molar-refractivity contribution is -0.114. The van der Waals surface area contributed by atoms with Gasteiger partial charge in [0.25, 0.3) is 5.91 Å². The highest BCUT2D eigenvalue weighted by atomic mass is 16.4. The molecule has 2 amide bonds. The van der Waals surface area contributed by atoms with Gasteiger partial charge in [0.2, 0.25) is 5.91 Å². The van der Waals surface area contributed by atoms with Gasteiger partial charge < -0.3 is 9.73 Å². The van der Waals surface area contributed by atoms with Crippen molar-refractivity contribution in [3.63, 3.8) is 0 Å². The fourth-order valence-corrected chi connectivity index (χ4v) is 2.08. The minimum Gasteiger partial charge on any atom is -0.435 e. The number of rotatable bonds is 4. The Hall–Kier alpha value is -2.56. The molecule has 0 saturated carbocycles. The number of benzene rings is 1. The Morgan fingerprint density at radius 1 is 1.14 bits per heavy atom. The van der Waals surface area contributed by atoms with E-state index >= 15 is 0 Å². The molecule has 0 radical (unpaired) electrons. The van der Waals surface area contributed by atoms with Crippen LogP contribution >= 0.6 is 0 Å². The molecule has 110 valence electrons. The first-order chi connectivity index (χ1) is 10.0. The lowest BCUT2D eigenvalue weighted by Crippen LogP contribution is -2.13. The highest BCUT2D eigenvalue weighted by Gasteiger charge is 2.14. The average Bonchev–Trinajstić information content (AvgIpc) is 2.88. The van der Waals surface area contributed by atoms with Crippen LogP contribution in [0.4, 0.5) is 11.6 Å². The lowest BCUT2D eigenvalue weighted by Gasteiger charge is -2.11. The maximum absolute atomic E-state index is 12.2. The summed E-state index contributed by atoms with van der Waals surface area (Å²) in [5.41, 5.74) is 2.87. The molecule has 0 saturated heterocycles. The number of nitrogens with one attached hydrogen (secondary N) is 2.